The SMILES string of the molecule is CCCCC(CC)CO[C@@H]1CCO[C@H]1CO. The maximum absolute atomic E-state index is 9.10. The Bertz CT molecular complexity index is 173. The van der Waals surface area contributed by atoms with Crippen molar-refractivity contribution in [3.63, 3.8) is 0 Å². The van der Waals surface area contributed by atoms with Crippen molar-refractivity contribution in [3.05, 3.63) is 0 Å². The summed E-state index contributed by atoms with van der Waals surface area (Å²) in [4.78, 5) is 0. The zero-order valence-electron chi connectivity index (χ0n) is 10.7. The van der Waals surface area contributed by atoms with Gasteiger partial charge in [0.25, 0.3) is 0 Å². The summed E-state index contributed by atoms with van der Waals surface area (Å²) in [5.74, 6) is 0.667. The van der Waals surface area contributed by atoms with E-state index in [1.807, 2.05) is 0 Å². The molecular formula is C13H26O3. The molecule has 0 bridgehead atoms. The Balaban J connectivity index is 2.20. The summed E-state index contributed by atoms with van der Waals surface area (Å²) < 4.78 is 11.3. The van der Waals surface area contributed by atoms with Crippen LogP contribution in [0.15, 0.2) is 0 Å². The van der Waals surface area contributed by atoms with Crippen molar-refractivity contribution < 1.29 is 14.6 Å². The number of hydrogen-bond donors (Lipinski definition) is 1. The van der Waals surface area contributed by atoms with Gasteiger partial charge in [-0.25, -0.2) is 0 Å². The van der Waals surface area contributed by atoms with Gasteiger partial charge in [-0.05, 0) is 18.8 Å². The lowest BCUT2D eigenvalue weighted by Gasteiger charge is -2.21. The summed E-state index contributed by atoms with van der Waals surface area (Å²) in [5.41, 5.74) is 0. The Kier molecular flexibility index (Phi) is 7.01. The predicted molar refractivity (Wildman–Crippen MR) is 64.5 cm³/mol. The Labute approximate surface area is 99.1 Å². The van der Waals surface area contributed by atoms with Crippen molar-refractivity contribution in [2.45, 2.75) is 58.2 Å². The third-order valence-corrected chi connectivity index (χ3v) is 3.42. The van der Waals surface area contributed by atoms with Crippen LogP contribution in [0.4, 0.5) is 0 Å². The molecule has 1 unspecified atom stereocenters. The van der Waals surface area contributed by atoms with E-state index in [0.717, 1.165) is 19.6 Å². The smallest absolute Gasteiger partial charge is 0.107 e. The molecule has 0 aromatic carbocycles. The first kappa shape index (κ1) is 13.9. The van der Waals surface area contributed by atoms with Crippen molar-refractivity contribution in [3.8, 4) is 0 Å². The van der Waals surface area contributed by atoms with Crippen LogP contribution in [0.2, 0.25) is 0 Å². The number of hydrogen-bond acceptors (Lipinski definition) is 3. The van der Waals surface area contributed by atoms with Crippen molar-refractivity contribution >= 4 is 0 Å². The highest BCUT2D eigenvalue weighted by atomic mass is 16.6. The second kappa shape index (κ2) is 8.04. The minimum Gasteiger partial charge on any atom is -0.394 e. The second-order valence-electron chi connectivity index (χ2n) is 4.67. The molecule has 16 heavy (non-hydrogen) atoms. The average Bonchev–Trinajstić information content (AvgIpc) is 2.77. The standard InChI is InChI=1S/C13H26O3/c1-3-5-6-11(4-2)10-16-12-7-8-15-13(12)9-14/h11-14H,3-10H2,1-2H3/t11?,12-,13+/m1/s1. The molecule has 1 saturated heterocycles. The molecule has 1 aliphatic heterocycles. The molecule has 0 saturated carbocycles. The van der Waals surface area contributed by atoms with Gasteiger partial charge in [0, 0.05) is 13.2 Å². The molecule has 0 aromatic rings. The first-order chi connectivity index (χ1) is 7.81. The maximum atomic E-state index is 9.10. The third kappa shape index (κ3) is 4.40. The lowest BCUT2D eigenvalue weighted by Crippen LogP contribution is -2.29. The van der Waals surface area contributed by atoms with Gasteiger partial charge in [-0.1, -0.05) is 33.1 Å². The predicted octanol–water partition coefficient (Wildman–Crippen LogP) is 2.37. The Morgan fingerprint density at radius 3 is 2.88 bits per heavy atom. The lowest BCUT2D eigenvalue weighted by molar-refractivity contribution is -0.0440. The molecule has 0 amide bonds. The summed E-state index contributed by atoms with van der Waals surface area (Å²) in [5, 5.41) is 9.10. The zero-order valence-corrected chi connectivity index (χ0v) is 10.7. The quantitative estimate of drug-likeness (QED) is 0.695. The van der Waals surface area contributed by atoms with E-state index in [2.05, 4.69) is 13.8 Å². The molecule has 3 heteroatoms. The first-order valence-corrected chi connectivity index (χ1v) is 6.65. The van der Waals surface area contributed by atoms with E-state index in [4.69, 9.17) is 14.6 Å². The molecule has 3 nitrogen and oxygen atoms in total. The van der Waals surface area contributed by atoms with Crippen molar-refractivity contribution in [2.24, 2.45) is 5.92 Å². The average molecular weight is 230 g/mol. The molecular weight excluding hydrogens is 204 g/mol. The van der Waals surface area contributed by atoms with Gasteiger partial charge in [0.2, 0.25) is 0 Å². The van der Waals surface area contributed by atoms with Crippen LogP contribution >= 0.6 is 0 Å². The summed E-state index contributed by atoms with van der Waals surface area (Å²) in [6.07, 6.45) is 5.91. The highest BCUT2D eigenvalue weighted by Gasteiger charge is 2.28. The molecule has 96 valence electrons. The largest absolute Gasteiger partial charge is 0.394 e. The number of ether oxygens (including phenoxy) is 2. The molecule has 1 N–H and O–H groups in total. The third-order valence-electron chi connectivity index (χ3n) is 3.42. The van der Waals surface area contributed by atoms with E-state index in [0.29, 0.717) is 5.92 Å². The van der Waals surface area contributed by atoms with Crippen molar-refractivity contribution in [1.29, 1.82) is 0 Å². The fourth-order valence-electron chi connectivity index (χ4n) is 2.15. The molecule has 1 fully saturated rings. The van der Waals surface area contributed by atoms with Crippen LogP contribution in [0.5, 0.6) is 0 Å². The molecule has 3 atom stereocenters. The number of unbranched alkanes of at least 4 members (excludes halogenated alkanes) is 1. The second-order valence-corrected chi connectivity index (χ2v) is 4.67. The van der Waals surface area contributed by atoms with Crippen LogP contribution < -0.4 is 0 Å². The Morgan fingerprint density at radius 2 is 2.25 bits per heavy atom. The maximum Gasteiger partial charge on any atom is 0.107 e. The molecule has 0 aromatic heterocycles. The zero-order chi connectivity index (χ0) is 11.8. The van der Waals surface area contributed by atoms with Crippen LogP contribution in [0, 0.1) is 5.92 Å². The van der Waals surface area contributed by atoms with Gasteiger partial charge in [0.1, 0.15) is 6.10 Å². The van der Waals surface area contributed by atoms with Gasteiger partial charge in [0.15, 0.2) is 0 Å². The number of rotatable bonds is 8. The minimum atomic E-state index is -0.0938. The van der Waals surface area contributed by atoms with Crippen LogP contribution in [0.3, 0.4) is 0 Å². The Hall–Kier alpha value is -0.120. The van der Waals surface area contributed by atoms with Gasteiger partial charge < -0.3 is 14.6 Å². The summed E-state index contributed by atoms with van der Waals surface area (Å²) in [6.45, 7) is 6.07. The van der Waals surface area contributed by atoms with E-state index >= 15 is 0 Å². The van der Waals surface area contributed by atoms with Gasteiger partial charge in [-0.2, -0.15) is 0 Å². The molecule has 1 aliphatic rings. The van der Waals surface area contributed by atoms with Crippen LogP contribution in [-0.2, 0) is 9.47 Å². The number of aliphatic hydroxyl groups is 1. The first-order valence-electron chi connectivity index (χ1n) is 6.65. The van der Waals surface area contributed by atoms with Crippen LogP contribution in [0.1, 0.15) is 46.0 Å². The van der Waals surface area contributed by atoms with Crippen molar-refractivity contribution in [2.75, 3.05) is 19.8 Å². The van der Waals surface area contributed by atoms with Gasteiger partial charge in [-0.3, -0.25) is 0 Å². The summed E-state index contributed by atoms with van der Waals surface area (Å²) in [6, 6.07) is 0. The van der Waals surface area contributed by atoms with E-state index < -0.39 is 0 Å². The monoisotopic (exact) mass is 230 g/mol. The molecule has 1 heterocycles. The topological polar surface area (TPSA) is 38.7 Å². The summed E-state index contributed by atoms with van der Waals surface area (Å²) in [7, 11) is 0. The highest BCUT2D eigenvalue weighted by molar-refractivity contribution is 4.76. The fraction of sp³-hybridized carbons (Fsp3) is 1.00. The fourth-order valence-corrected chi connectivity index (χ4v) is 2.15. The lowest BCUT2D eigenvalue weighted by atomic mass is 10.0. The van der Waals surface area contributed by atoms with Gasteiger partial charge in [0.05, 0.1) is 12.7 Å². The van der Waals surface area contributed by atoms with Crippen molar-refractivity contribution in [1.82, 2.24) is 0 Å². The molecule has 0 radical (unpaired) electrons. The molecule has 0 spiro atoms. The van der Waals surface area contributed by atoms with E-state index in [-0.39, 0.29) is 18.8 Å². The molecule has 0 aliphatic carbocycles. The van der Waals surface area contributed by atoms with E-state index in [9.17, 15) is 0 Å². The number of aliphatic hydroxyl groups excluding tert-OH is 1. The molecule has 1 rings (SSSR count). The van der Waals surface area contributed by atoms with Gasteiger partial charge >= 0.3 is 0 Å². The van der Waals surface area contributed by atoms with E-state index in [1.165, 1.54) is 25.7 Å². The van der Waals surface area contributed by atoms with Crippen LogP contribution in [-0.4, -0.2) is 37.1 Å². The van der Waals surface area contributed by atoms with Crippen LogP contribution in [0.25, 0.3) is 0 Å². The highest BCUT2D eigenvalue weighted by Crippen LogP contribution is 2.20. The van der Waals surface area contributed by atoms with E-state index in [1.54, 1.807) is 0 Å². The summed E-state index contributed by atoms with van der Waals surface area (Å²) >= 11 is 0. The Morgan fingerprint density at radius 1 is 1.44 bits per heavy atom. The van der Waals surface area contributed by atoms with Gasteiger partial charge in [-0.15, -0.1) is 0 Å². The minimum absolute atomic E-state index is 0.0798. The normalized spacial score (nSPS) is 27.2.